The number of rotatable bonds is 6. The SMILES string of the molecule is Cc1ccc(NCC(=O)Nc2ccc(F)c(Cl)c2)cc1S(=O)(=O)N1CCOCC1. The third-order valence-electron chi connectivity index (χ3n) is 4.43. The molecule has 0 atom stereocenters. The minimum Gasteiger partial charge on any atom is -0.379 e. The highest BCUT2D eigenvalue weighted by Crippen LogP contribution is 2.24. The number of carbonyl (C=O) groups excluding carboxylic acids is 1. The number of amides is 1. The first-order chi connectivity index (χ1) is 13.8. The third-order valence-corrected chi connectivity index (χ3v) is 6.76. The summed E-state index contributed by atoms with van der Waals surface area (Å²) in [5.41, 5.74) is 1.48. The first kappa shape index (κ1) is 21.5. The average Bonchev–Trinajstić information content (AvgIpc) is 2.70. The van der Waals surface area contributed by atoms with Gasteiger partial charge in [-0.1, -0.05) is 17.7 Å². The molecule has 1 fully saturated rings. The lowest BCUT2D eigenvalue weighted by atomic mass is 10.2. The van der Waals surface area contributed by atoms with Crippen LogP contribution < -0.4 is 10.6 Å². The van der Waals surface area contributed by atoms with Crippen LogP contribution in [0.15, 0.2) is 41.3 Å². The quantitative estimate of drug-likeness (QED) is 0.719. The Labute approximate surface area is 173 Å². The molecule has 7 nitrogen and oxygen atoms in total. The zero-order chi connectivity index (χ0) is 21.0. The number of morpholine rings is 1. The number of halogens is 2. The monoisotopic (exact) mass is 441 g/mol. The first-order valence-corrected chi connectivity index (χ1v) is 10.8. The van der Waals surface area contributed by atoms with E-state index in [-0.39, 0.29) is 22.4 Å². The summed E-state index contributed by atoms with van der Waals surface area (Å²) in [5.74, 6) is -0.956. The van der Waals surface area contributed by atoms with Gasteiger partial charge in [0.05, 0.1) is 29.7 Å². The van der Waals surface area contributed by atoms with Crippen molar-refractivity contribution in [2.75, 3.05) is 43.5 Å². The molecule has 0 radical (unpaired) electrons. The van der Waals surface area contributed by atoms with E-state index in [1.807, 2.05) is 0 Å². The molecule has 0 aromatic heterocycles. The fourth-order valence-corrected chi connectivity index (χ4v) is 4.71. The lowest BCUT2D eigenvalue weighted by Crippen LogP contribution is -2.40. The minimum absolute atomic E-state index is 0.0905. The Bertz CT molecular complexity index is 1010. The van der Waals surface area contributed by atoms with Gasteiger partial charge in [-0.05, 0) is 42.8 Å². The Hall–Kier alpha value is -2.20. The molecule has 0 saturated carbocycles. The number of aryl methyl sites for hydroxylation is 1. The van der Waals surface area contributed by atoms with E-state index in [2.05, 4.69) is 10.6 Å². The topological polar surface area (TPSA) is 87.7 Å². The van der Waals surface area contributed by atoms with Gasteiger partial charge in [0.15, 0.2) is 0 Å². The Morgan fingerprint density at radius 3 is 2.55 bits per heavy atom. The molecule has 1 aliphatic heterocycles. The van der Waals surface area contributed by atoms with E-state index in [4.69, 9.17) is 16.3 Å². The molecule has 1 aliphatic rings. The van der Waals surface area contributed by atoms with Crippen molar-refractivity contribution in [3.63, 3.8) is 0 Å². The lowest BCUT2D eigenvalue weighted by Gasteiger charge is -2.27. The van der Waals surface area contributed by atoms with Crippen molar-refractivity contribution in [2.24, 2.45) is 0 Å². The smallest absolute Gasteiger partial charge is 0.243 e. The molecule has 3 rings (SSSR count). The maximum Gasteiger partial charge on any atom is 0.243 e. The van der Waals surface area contributed by atoms with Gasteiger partial charge < -0.3 is 15.4 Å². The molecule has 10 heteroatoms. The second-order valence-electron chi connectivity index (χ2n) is 6.53. The van der Waals surface area contributed by atoms with Crippen LogP contribution in [0.1, 0.15) is 5.56 Å². The third kappa shape index (κ3) is 5.24. The summed E-state index contributed by atoms with van der Waals surface area (Å²) < 4.78 is 45.6. The molecular weight excluding hydrogens is 421 g/mol. The largest absolute Gasteiger partial charge is 0.379 e. The number of hydrogen-bond donors (Lipinski definition) is 2. The van der Waals surface area contributed by atoms with Gasteiger partial charge in [-0.3, -0.25) is 4.79 Å². The molecule has 0 bridgehead atoms. The summed E-state index contributed by atoms with van der Waals surface area (Å²) >= 11 is 5.70. The number of carbonyl (C=O) groups is 1. The van der Waals surface area contributed by atoms with E-state index < -0.39 is 15.8 Å². The molecule has 2 aromatic rings. The summed E-state index contributed by atoms with van der Waals surface area (Å²) in [6.07, 6.45) is 0. The highest BCUT2D eigenvalue weighted by Gasteiger charge is 2.27. The van der Waals surface area contributed by atoms with Crippen LogP contribution in [0, 0.1) is 12.7 Å². The molecule has 1 saturated heterocycles. The first-order valence-electron chi connectivity index (χ1n) is 8.95. The summed E-state index contributed by atoms with van der Waals surface area (Å²) in [6, 6.07) is 8.78. The van der Waals surface area contributed by atoms with Gasteiger partial charge in [-0.25, -0.2) is 12.8 Å². The van der Waals surface area contributed by atoms with E-state index in [9.17, 15) is 17.6 Å². The Kier molecular flexibility index (Phi) is 6.74. The van der Waals surface area contributed by atoms with Crippen LogP contribution in [-0.2, 0) is 19.6 Å². The molecule has 1 amide bonds. The number of anilines is 2. The van der Waals surface area contributed by atoms with E-state index in [0.717, 1.165) is 6.07 Å². The zero-order valence-corrected chi connectivity index (χ0v) is 17.3. The maximum absolute atomic E-state index is 13.2. The van der Waals surface area contributed by atoms with Crippen molar-refractivity contribution in [3.05, 3.63) is 52.8 Å². The predicted molar refractivity (Wildman–Crippen MR) is 109 cm³/mol. The minimum atomic E-state index is -3.65. The summed E-state index contributed by atoms with van der Waals surface area (Å²) in [7, 11) is -3.65. The molecule has 156 valence electrons. The molecule has 0 unspecified atom stereocenters. The molecule has 29 heavy (non-hydrogen) atoms. The van der Waals surface area contributed by atoms with Crippen LogP contribution in [0.25, 0.3) is 0 Å². The van der Waals surface area contributed by atoms with Crippen LogP contribution in [-0.4, -0.2) is 51.5 Å². The number of nitrogens with one attached hydrogen (secondary N) is 2. The second-order valence-corrected chi connectivity index (χ2v) is 8.84. The number of sulfonamides is 1. The van der Waals surface area contributed by atoms with Crippen LogP contribution in [0.3, 0.4) is 0 Å². The predicted octanol–water partition coefficient (Wildman–Crippen LogP) is 2.86. The average molecular weight is 442 g/mol. The van der Waals surface area contributed by atoms with E-state index in [1.165, 1.54) is 22.5 Å². The van der Waals surface area contributed by atoms with Gasteiger partial charge in [0.2, 0.25) is 15.9 Å². The van der Waals surface area contributed by atoms with Gasteiger partial charge in [-0.15, -0.1) is 0 Å². The van der Waals surface area contributed by atoms with Crippen LogP contribution in [0.2, 0.25) is 5.02 Å². The van der Waals surface area contributed by atoms with E-state index >= 15 is 0 Å². The molecule has 2 N–H and O–H groups in total. The second kappa shape index (κ2) is 9.08. The van der Waals surface area contributed by atoms with Gasteiger partial charge >= 0.3 is 0 Å². The lowest BCUT2D eigenvalue weighted by molar-refractivity contribution is -0.114. The van der Waals surface area contributed by atoms with Gasteiger partial charge in [0, 0.05) is 24.5 Å². The Morgan fingerprint density at radius 1 is 1.17 bits per heavy atom. The summed E-state index contributed by atoms with van der Waals surface area (Å²) in [4.78, 5) is 12.3. The van der Waals surface area contributed by atoms with Crippen LogP contribution in [0.5, 0.6) is 0 Å². The Morgan fingerprint density at radius 2 is 1.86 bits per heavy atom. The zero-order valence-electron chi connectivity index (χ0n) is 15.7. The Balaban J connectivity index is 1.67. The number of ether oxygens (including phenoxy) is 1. The highest BCUT2D eigenvalue weighted by molar-refractivity contribution is 7.89. The molecule has 0 spiro atoms. The van der Waals surface area contributed by atoms with Gasteiger partial charge in [0.25, 0.3) is 0 Å². The highest BCUT2D eigenvalue weighted by atomic mass is 35.5. The van der Waals surface area contributed by atoms with Crippen molar-refractivity contribution in [1.82, 2.24) is 4.31 Å². The summed E-state index contributed by atoms with van der Waals surface area (Å²) in [6.45, 7) is 2.97. The van der Waals surface area contributed by atoms with Gasteiger partial charge in [0.1, 0.15) is 5.82 Å². The molecular formula is C19H21ClFN3O4S. The van der Waals surface area contributed by atoms with Crippen molar-refractivity contribution in [3.8, 4) is 0 Å². The van der Waals surface area contributed by atoms with Crippen molar-refractivity contribution < 1.29 is 22.3 Å². The van der Waals surface area contributed by atoms with Crippen molar-refractivity contribution in [1.29, 1.82) is 0 Å². The van der Waals surface area contributed by atoms with Gasteiger partial charge in [-0.2, -0.15) is 4.31 Å². The number of hydrogen-bond acceptors (Lipinski definition) is 5. The normalized spacial score (nSPS) is 15.1. The van der Waals surface area contributed by atoms with Crippen molar-refractivity contribution in [2.45, 2.75) is 11.8 Å². The fraction of sp³-hybridized carbons (Fsp3) is 0.316. The standard InChI is InChI=1S/C19H21ClFN3O4S/c1-13-2-3-14(11-18(13)29(26,27)24-6-8-28-9-7-24)22-12-19(25)23-15-4-5-17(21)16(20)10-15/h2-5,10-11,22H,6-9,12H2,1H3,(H,23,25). The molecule has 1 heterocycles. The number of nitrogens with zero attached hydrogens (tertiary/aromatic N) is 1. The molecule has 0 aliphatic carbocycles. The van der Waals surface area contributed by atoms with Crippen LogP contribution >= 0.6 is 11.6 Å². The summed E-state index contributed by atoms with van der Waals surface area (Å²) in [5, 5.41) is 5.41. The van der Waals surface area contributed by atoms with Crippen molar-refractivity contribution >= 4 is 38.9 Å². The van der Waals surface area contributed by atoms with E-state index in [0.29, 0.717) is 43.2 Å². The van der Waals surface area contributed by atoms with E-state index in [1.54, 1.807) is 19.1 Å². The molecule has 2 aromatic carbocycles. The maximum atomic E-state index is 13.2. The van der Waals surface area contributed by atoms with Crippen LogP contribution in [0.4, 0.5) is 15.8 Å². The number of benzene rings is 2. The fourth-order valence-electron chi connectivity index (χ4n) is 2.88.